The van der Waals surface area contributed by atoms with Crippen LogP contribution in [0.5, 0.6) is 0 Å². The van der Waals surface area contributed by atoms with Gasteiger partial charge in [0, 0.05) is 24.0 Å². The summed E-state index contributed by atoms with van der Waals surface area (Å²) in [6.07, 6.45) is 3.71. The molecule has 0 aliphatic carbocycles. The number of anilines is 2. The van der Waals surface area contributed by atoms with Crippen molar-refractivity contribution in [3.05, 3.63) is 83.6 Å². The number of para-hydroxylation sites is 1. The third-order valence-corrected chi connectivity index (χ3v) is 4.73. The van der Waals surface area contributed by atoms with Crippen molar-refractivity contribution in [2.45, 2.75) is 20.8 Å². The van der Waals surface area contributed by atoms with Crippen molar-refractivity contribution < 1.29 is 0 Å². The third-order valence-electron chi connectivity index (χ3n) is 4.73. The average Bonchev–Trinajstić information content (AvgIpc) is 3.04. The molecule has 0 saturated carbocycles. The number of nitrogens with one attached hydrogen (secondary N) is 2. The van der Waals surface area contributed by atoms with Crippen molar-refractivity contribution in [1.29, 1.82) is 0 Å². The molecule has 0 radical (unpaired) electrons. The Balaban J connectivity index is 1.77. The topological polar surface area (TPSA) is 54.8 Å². The molecule has 5 nitrogen and oxygen atoms in total. The summed E-state index contributed by atoms with van der Waals surface area (Å²) in [5.41, 5.74) is 6.77. The van der Waals surface area contributed by atoms with Crippen molar-refractivity contribution in [2.24, 2.45) is 7.05 Å². The average molecular weight is 374 g/mol. The number of hydrogen-bond acceptors (Lipinski definition) is 4. The van der Waals surface area contributed by atoms with Crippen LogP contribution in [-0.4, -0.2) is 21.3 Å². The maximum atomic E-state index is 4.68. The van der Waals surface area contributed by atoms with Crippen molar-refractivity contribution >= 4 is 11.6 Å². The predicted molar refractivity (Wildman–Crippen MR) is 117 cm³/mol. The van der Waals surface area contributed by atoms with E-state index in [2.05, 4.69) is 78.4 Å². The van der Waals surface area contributed by atoms with Crippen LogP contribution < -0.4 is 10.6 Å². The lowest BCUT2D eigenvalue weighted by Crippen LogP contribution is -2.14. The Morgan fingerprint density at radius 1 is 1.07 bits per heavy atom. The number of nitrogens with zero attached hydrogens (tertiary/aromatic N) is 3. The minimum Gasteiger partial charge on any atom is -0.379 e. The molecular formula is C23H27N5. The number of rotatable bonds is 7. The molecule has 28 heavy (non-hydrogen) atoms. The Bertz CT molecular complexity index is 1010. The summed E-state index contributed by atoms with van der Waals surface area (Å²) < 4.78 is 1.76. The lowest BCUT2D eigenvalue weighted by molar-refractivity contribution is 0.775. The zero-order chi connectivity index (χ0) is 20.1. The monoisotopic (exact) mass is 373 g/mol. The molecule has 0 saturated heterocycles. The molecule has 3 rings (SSSR count). The number of aryl methyl sites for hydroxylation is 4. The van der Waals surface area contributed by atoms with Crippen LogP contribution in [0.4, 0.5) is 11.6 Å². The predicted octanol–water partition coefficient (Wildman–Crippen LogP) is 5.00. The van der Waals surface area contributed by atoms with Crippen molar-refractivity contribution in [3.8, 4) is 11.4 Å². The number of allylic oxidation sites excluding steroid dienone is 2. The van der Waals surface area contributed by atoms with E-state index in [1.54, 1.807) is 10.8 Å². The normalized spacial score (nSPS) is 11.4. The Hall–Kier alpha value is -3.34. The van der Waals surface area contributed by atoms with E-state index in [0.29, 0.717) is 18.3 Å². The first-order chi connectivity index (χ1) is 13.5. The summed E-state index contributed by atoms with van der Waals surface area (Å²) in [5, 5.41) is 11.4. The van der Waals surface area contributed by atoms with E-state index < -0.39 is 0 Å². The lowest BCUT2D eigenvalue weighted by atomic mass is 10.1. The molecule has 0 atom stereocenters. The van der Waals surface area contributed by atoms with Gasteiger partial charge in [0.25, 0.3) is 0 Å². The van der Waals surface area contributed by atoms with Gasteiger partial charge in [-0.2, -0.15) is 4.98 Å². The Morgan fingerprint density at radius 3 is 2.57 bits per heavy atom. The molecule has 1 aromatic heterocycles. The van der Waals surface area contributed by atoms with Gasteiger partial charge in [-0.25, -0.2) is 4.68 Å². The smallest absolute Gasteiger partial charge is 0.225 e. The minimum absolute atomic E-state index is 0.628. The minimum atomic E-state index is 0.628. The molecule has 0 unspecified atom stereocenters. The molecule has 0 aliphatic rings. The second-order valence-corrected chi connectivity index (χ2v) is 6.90. The van der Waals surface area contributed by atoms with Crippen LogP contribution >= 0.6 is 0 Å². The van der Waals surface area contributed by atoms with E-state index in [-0.39, 0.29) is 0 Å². The molecule has 0 fully saturated rings. The summed E-state index contributed by atoms with van der Waals surface area (Å²) >= 11 is 0. The second-order valence-electron chi connectivity index (χ2n) is 6.90. The summed E-state index contributed by atoms with van der Waals surface area (Å²) in [5.74, 6) is 1.39. The number of benzene rings is 2. The molecule has 3 aromatic rings. The van der Waals surface area contributed by atoms with Crippen LogP contribution in [0.3, 0.4) is 0 Å². The van der Waals surface area contributed by atoms with E-state index in [1.165, 1.54) is 16.7 Å². The highest BCUT2D eigenvalue weighted by Crippen LogP contribution is 2.21. The summed E-state index contributed by atoms with van der Waals surface area (Å²) in [7, 11) is 1.89. The van der Waals surface area contributed by atoms with Crippen molar-refractivity contribution in [2.75, 3.05) is 17.2 Å². The van der Waals surface area contributed by atoms with Gasteiger partial charge in [-0.3, -0.25) is 0 Å². The largest absolute Gasteiger partial charge is 0.379 e. The molecular weight excluding hydrogens is 346 g/mol. The highest BCUT2D eigenvalue weighted by atomic mass is 15.4. The van der Waals surface area contributed by atoms with Crippen LogP contribution in [0.2, 0.25) is 0 Å². The van der Waals surface area contributed by atoms with Crippen molar-refractivity contribution in [1.82, 2.24) is 14.8 Å². The van der Waals surface area contributed by atoms with Crippen LogP contribution in [0.25, 0.3) is 11.4 Å². The summed E-state index contributed by atoms with van der Waals surface area (Å²) in [4.78, 5) is 4.68. The molecule has 1 heterocycles. The van der Waals surface area contributed by atoms with Gasteiger partial charge in [0.1, 0.15) is 0 Å². The Kier molecular flexibility index (Phi) is 5.94. The number of aromatic nitrogens is 3. The van der Waals surface area contributed by atoms with E-state index in [9.17, 15) is 0 Å². The van der Waals surface area contributed by atoms with Crippen molar-refractivity contribution in [3.63, 3.8) is 0 Å². The van der Waals surface area contributed by atoms with Gasteiger partial charge in [-0.15, -0.1) is 5.10 Å². The first kappa shape index (κ1) is 19.4. The standard InChI is InChI=1S/C23H27N5/c1-6-9-20(15-24-21-11-8-7-10-17(21)3)25-23-26-22(27-28(23)5)19-13-12-16(2)18(4)14-19/h6-14,24H,1,15H2,2-5H3,(H,25,26,27)/b20-9-. The van der Waals surface area contributed by atoms with Gasteiger partial charge in [-0.05, 0) is 55.7 Å². The van der Waals surface area contributed by atoms with Gasteiger partial charge in [0.2, 0.25) is 5.95 Å². The highest BCUT2D eigenvalue weighted by Gasteiger charge is 2.11. The first-order valence-electron chi connectivity index (χ1n) is 9.34. The maximum Gasteiger partial charge on any atom is 0.225 e. The maximum absolute atomic E-state index is 4.68. The molecule has 2 N–H and O–H groups in total. The first-order valence-corrected chi connectivity index (χ1v) is 9.34. The Labute approximate surface area is 166 Å². The van der Waals surface area contributed by atoms with Crippen LogP contribution in [0.15, 0.2) is 66.9 Å². The van der Waals surface area contributed by atoms with Crippen LogP contribution in [-0.2, 0) is 7.05 Å². The van der Waals surface area contributed by atoms with Gasteiger partial charge in [0.15, 0.2) is 5.82 Å². The zero-order valence-electron chi connectivity index (χ0n) is 17.0. The summed E-state index contributed by atoms with van der Waals surface area (Å²) in [6, 6.07) is 14.5. The van der Waals surface area contributed by atoms with E-state index >= 15 is 0 Å². The van der Waals surface area contributed by atoms with Crippen LogP contribution in [0.1, 0.15) is 16.7 Å². The fourth-order valence-electron chi connectivity index (χ4n) is 2.89. The summed E-state index contributed by atoms with van der Waals surface area (Å²) in [6.45, 7) is 10.7. The molecule has 0 bridgehead atoms. The van der Waals surface area contributed by atoms with Gasteiger partial charge in [0.05, 0.1) is 6.54 Å². The molecule has 144 valence electrons. The third kappa shape index (κ3) is 4.49. The molecule has 0 amide bonds. The fourth-order valence-corrected chi connectivity index (χ4v) is 2.89. The fraction of sp³-hybridized carbons (Fsp3) is 0.217. The molecule has 2 aromatic carbocycles. The van der Waals surface area contributed by atoms with Crippen LogP contribution in [0, 0.1) is 20.8 Å². The number of hydrogen-bond donors (Lipinski definition) is 2. The SMILES string of the molecule is C=C/C=C(/CNc1ccccc1C)Nc1nc(-c2ccc(C)c(C)c2)nn1C. The molecule has 0 aliphatic heterocycles. The second kappa shape index (κ2) is 8.57. The van der Waals surface area contributed by atoms with E-state index in [1.807, 2.05) is 25.3 Å². The zero-order valence-corrected chi connectivity index (χ0v) is 17.0. The molecule has 5 heteroatoms. The highest BCUT2D eigenvalue weighted by molar-refractivity contribution is 5.59. The quantitative estimate of drug-likeness (QED) is 0.572. The Morgan fingerprint density at radius 2 is 1.86 bits per heavy atom. The van der Waals surface area contributed by atoms with E-state index in [4.69, 9.17) is 0 Å². The van der Waals surface area contributed by atoms with Gasteiger partial charge < -0.3 is 10.6 Å². The van der Waals surface area contributed by atoms with E-state index in [0.717, 1.165) is 16.9 Å². The van der Waals surface area contributed by atoms with Gasteiger partial charge >= 0.3 is 0 Å². The lowest BCUT2D eigenvalue weighted by Gasteiger charge is -2.13. The molecule has 0 spiro atoms. The van der Waals surface area contributed by atoms with Gasteiger partial charge in [-0.1, -0.05) is 43.0 Å².